The maximum absolute atomic E-state index is 12.1. The van der Waals surface area contributed by atoms with Crippen LogP contribution in [-0.4, -0.2) is 78.8 Å². The number of thiophene rings is 1. The Morgan fingerprint density at radius 2 is 2.11 bits per heavy atom. The predicted molar refractivity (Wildman–Crippen MR) is 109 cm³/mol. The van der Waals surface area contributed by atoms with Crippen molar-refractivity contribution in [1.82, 2.24) is 25.3 Å². The molecule has 0 aromatic carbocycles. The molecule has 1 fully saturated rings. The van der Waals surface area contributed by atoms with Gasteiger partial charge in [0.25, 0.3) is 0 Å². The first-order valence-corrected chi connectivity index (χ1v) is 9.20. The number of aromatic nitrogens is 2. The Labute approximate surface area is 175 Å². The van der Waals surface area contributed by atoms with Gasteiger partial charge in [0.05, 0.1) is 24.6 Å². The van der Waals surface area contributed by atoms with E-state index in [0.29, 0.717) is 38.0 Å². The summed E-state index contributed by atoms with van der Waals surface area (Å²) < 4.78 is 10.3. The summed E-state index contributed by atoms with van der Waals surface area (Å²) in [7, 11) is 1.65. The summed E-state index contributed by atoms with van der Waals surface area (Å²) in [6.45, 7) is 5.32. The molecule has 0 unspecified atom stereocenters. The number of halogens is 2. The van der Waals surface area contributed by atoms with Gasteiger partial charge in [0, 0.05) is 39.8 Å². The Kier molecular flexibility index (Phi) is 10.8. The highest BCUT2D eigenvalue weighted by molar-refractivity contribution is 7.13. The van der Waals surface area contributed by atoms with E-state index in [0.717, 1.165) is 31.1 Å². The average Bonchev–Trinajstić information content (AvgIpc) is 3.30. The number of amides is 1. The molecule has 2 aromatic rings. The summed E-state index contributed by atoms with van der Waals surface area (Å²) in [5, 5.41) is 9.11. The molecule has 0 bridgehead atoms. The van der Waals surface area contributed by atoms with Crippen LogP contribution in [0.4, 0.5) is 0 Å². The number of piperazine rings is 1. The van der Waals surface area contributed by atoms with Gasteiger partial charge < -0.3 is 19.5 Å². The zero-order valence-electron chi connectivity index (χ0n) is 15.1. The third kappa shape index (κ3) is 7.02. The summed E-state index contributed by atoms with van der Waals surface area (Å²) in [6, 6.07) is 3.95. The molecule has 0 spiro atoms. The molecule has 1 saturated heterocycles. The second-order valence-electron chi connectivity index (χ2n) is 5.82. The maximum atomic E-state index is 12.1. The van der Waals surface area contributed by atoms with Crippen molar-refractivity contribution in [3.05, 3.63) is 23.4 Å². The summed E-state index contributed by atoms with van der Waals surface area (Å²) in [5.74, 6) is 1.39. The standard InChI is InChI=1S/C16H23N5O3S.2ClH/c1-23-9-4-17-11-15(22)21-7-5-20(6-8-21)12-14-18-16(19-24-14)13-3-2-10-25-13;;/h2-3,10,17H,4-9,11-12H2,1H3;2*1H. The Bertz CT molecular complexity index is 663. The van der Waals surface area contributed by atoms with Crippen LogP contribution in [0.5, 0.6) is 0 Å². The molecule has 1 N–H and O–H groups in total. The zero-order valence-corrected chi connectivity index (χ0v) is 17.6. The molecule has 1 aliphatic heterocycles. The van der Waals surface area contributed by atoms with Crippen LogP contribution in [0.1, 0.15) is 5.89 Å². The lowest BCUT2D eigenvalue weighted by Gasteiger charge is -2.34. The molecule has 11 heteroatoms. The van der Waals surface area contributed by atoms with Crippen molar-refractivity contribution in [2.24, 2.45) is 0 Å². The number of carbonyl (C=O) groups excluding carboxylic acids is 1. The molecule has 0 saturated carbocycles. The van der Waals surface area contributed by atoms with E-state index in [9.17, 15) is 4.79 Å². The van der Waals surface area contributed by atoms with Crippen LogP contribution in [0.15, 0.2) is 22.0 Å². The third-order valence-electron chi connectivity index (χ3n) is 4.05. The normalized spacial score (nSPS) is 14.5. The minimum Gasteiger partial charge on any atom is -0.383 e. The quantitative estimate of drug-likeness (QED) is 0.626. The Morgan fingerprint density at radius 3 is 2.78 bits per heavy atom. The number of carbonyl (C=O) groups is 1. The van der Waals surface area contributed by atoms with Gasteiger partial charge in [-0.1, -0.05) is 11.2 Å². The van der Waals surface area contributed by atoms with Crippen LogP contribution in [0.25, 0.3) is 10.7 Å². The van der Waals surface area contributed by atoms with E-state index in [1.54, 1.807) is 18.4 Å². The number of rotatable bonds is 8. The molecule has 27 heavy (non-hydrogen) atoms. The van der Waals surface area contributed by atoms with Crippen LogP contribution in [0.2, 0.25) is 0 Å². The first kappa shape index (κ1) is 23.8. The van der Waals surface area contributed by atoms with Gasteiger partial charge in [-0.05, 0) is 11.4 Å². The SMILES string of the molecule is COCCNCC(=O)N1CCN(Cc2nc(-c3cccs3)no2)CC1.Cl.Cl. The van der Waals surface area contributed by atoms with Crippen molar-refractivity contribution >= 4 is 42.1 Å². The minimum atomic E-state index is 0. The van der Waals surface area contributed by atoms with Crippen LogP contribution >= 0.6 is 36.2 Å². The van der Waals surface area contributed by atoms with Crippen molar-refractivity contribution in [2.75, 3.05) is 53.0 Å². The lowest BCUT2D eigenvalue weighted by atomic mass is 10.3. The van der Waals surface area contributed by atoms with Crippen LogP contribution in [-0.2, 0) is 16.1 Å². The number of hydrogen-bond acceptors (Lipinski definition) is 8. The van der Waals surface area contributed by atoms with Gasteiger partial charge in [0.15, 0.2) is 0 Å². The van der Waals surface area contributed by atoms with E-state index in [1.807, 2.05) is 22.4 Å². The van der Waals surface area contributed by atoms with Crippen molar-refractivity contribution < 1.29 is 14.1 Å². The van der Waals surface area contributed by atoms with Gasteiger partial charge in [-0.2, -0.15) is 4.98 Å². The average molecular weight is 438 g/mol. The van der Waals surface area contributed by atoms with Gasteiger partial charge in [-0.15, -0.1) is 36.2 Å². The number of hydrogen-bond donors (Lipinski definition) is 1. The van der Waals surface area contributed by atoms with E-state index in [-0.39, 0.29) is 30.7 Å². The smallest absolute Gasteiger partial charge is 0.241 e. The minimum absolute atomic E-state index is 0. The highest BCUT2D eigenvalue weighted by Gasteiger charge is 2.22. The largest absolute Gasteiger partial charge is 0.383 e. The van der Waals surface area contributed by atoms with E-state index < -0.39 is 0 Å². The number of nitrogens with one attached hydrogen (secondary N) is 1. The van der Waals surface area contributed by atoms with Gasteiger partial charge in [-0.3, -0.25) is 9.69 Å². The maximum Gasteiger partial charge on any atom is 0.241 e. The second-order valence-corrected chi connectivity index (χ2v) is 6.76. The van der Waals surface area contributed by atoms with E-state index in [4.69, 9.17) is 9.26 Å². The van der Waals surface area contributed by atoms with Gasteiger partial charge in [0.2, 0.25) is 17.6 Å². The summed E-state index contributed by atoms with van der Waals surface area (Å²) in [6.07, 6.45) is 0. The topological polar surface area (TPSA) is 83.7 Å². The fourth-order valence-electron chi connectivity index (χ4n) is 2.65. The number of nitrogens with zero attached hydrogens (tertiary/aromatic N) is 4. The van der Waals surface area contributed by atoms with Crippen molar-refractivity contribution in [1.29, 1.82) is 0 Å². The van der Waals surface area contributed by atoms with E-state index in [1.165, 1.54) is 0 Å². The first-order valence-electron chi connectivity index (χ1n) is 8.32. The van der Waals surface area contributed by atoms with Crippen molar-refractivity contribution in [3.8, 4) is 10.7 Å². The summed E-state index contributed by atoms with van der Waals surface area (Å²) in [4.78, 5) is 21.7. The van der Waals surface area contributed by atoms with E-state index >= 15 is 0 Å². The lowest BCUT2D eigenvalue weighted by Crippen LogP contribution is -2.50. The van der Waals surface area contributed by atoms with Crippen LogP contribution in [0.3, 0.4) is 0 Å². The summed E-state index contributed by atoms with van der Waals surface area (Å²) >= 11 is 1.59. The van der Waals surface area contributed by atoms with Crippen molar-refractivity contribution in [3.63, 3.8) is 0 Å². The molecule has 3 heterocycles. The monoisotopic (exact) mass is 437 g/mol. The molecule has 1 aliphatic rings. The Morgan fingerprint density at radius 1 is 1.33 bits per heavy atom. The van der Waals surface area contributed by atoms with Gasteiger partial charge in [-0.25, -0.2) is 0 Å². The fraction of sp³-hybridized carbons (Fsp3) is 0.562. The molecular formula is C16H25Cl2N5O3S. The van der Waals surface area contributed by atoms with Gasteiger partial charge >= 0.3 is 0 Å². The Hall–Kier alpha value is -1.23. The number of methoxy groups -OCH3 is 1. The molecular weight excluding hydrogens is 413 g/mol. The molecule has 0 aliphatic carbocycles. The second kappa shape index (κ2) is 12.3. The van der Waals surface area contributed by atoms with E-state index in [2.05, 4.69) is 20.4 Å². The lowest BCUT2D eigenvalue weighted by molar-refractivity contribution is -0.132. The van der Waals surface area contributed by atoms with Crippen LogP contribution < -0.4 is 5.32 Å². The predicted octanol–water partition coefficient (Wildman–Crippen LogP) is 1.52. The third-order valence-corrected chi connectivity index (χ3v) is 4.92. The highest BCUT2D eigenvalue weighted by Crippen LogP contribution is 2.21. The molecule has 2 aromatic heterocycles. The van der Waals surface area contributed by atoms with Crippen LogP contribution in [0, 0.1) is 0 Å². The molecule has 8 nitrogen and oxygen atoms in total. The molecule has 152 valence electrons. The highest BCUT2D eigenvalue weighted by atomic mass is 35.5. The van der Waals surface area contributed by atoms with Gasteiger partial charge in [0.1, 0.15) is 0 Å². The molecule has 3 rings (SSSR count). The van der Waals surface area contributed by atoms with Crippen molar-refractivity contribution in [2.45, 2.75) is 6.54 Å². The fourth-order valence-corrected chi connectivity index (χ4v) is 3.30. The molecule has 1 amide bonds. The molecule has 0 radical (unpaired) electrons. The summed E-state index contributed by atoms with van der Waals surface area (Å²) in [5.41, 5.74) is 0. The number of ether oxygens (including phenoxy) is 1. The first-order chi connectivity index (χ1) is 12.3. The Balaban J connectivity index is 0.00000182. The zero-order chi connectivity index (χ0) is 17.5. The molecule has 0 atom stereocenters.